The van der Waals surface area contributed by atoms with Crippen molar-refractivity contribution in [3.63, 3.8) is 0 Å². The van der Waals surface area contributed by atoms with E-state index in [1.807, 2.05) is 26.8 Å². The third kappa shape index (κ3) is 7.18. The van der Waals surface area contributed by atoms with Gasteiger partial charge in [0.05, 0.1) is 17.7 Å². The van der Waals surface area contributed by atoms with E-state index in [0.717, 1.165) is 12.1 Å². The summed E-state index contributed by atoms with van der Waals surface area (Å²) in [5.74, 6) is -0.376. The number of nitrogens with one attached hydrogen (secondary N) is 2. The number of halogens is 1. The molecule has 7 nitrogen and oxygen atoms in total. The predicted octanol–water partition coefficient (Wildman–Crippen LogP) is 3.39. The fourth-order valence-electron chi connectivity index (χ4n) is 2.59. The van der Waals surface area contributed by atoms with Crippen LogP contribution in [-0.4, -0.2) is 30.7 Å². The summed E-state index contributed by atoms with van der Waals surface area (Å²) in [5.41, 5.74) is 0.539. The Kier molecular flexibility index (Phi) is 8.32. The summed E-state index contributed by atoms with van der Waals surface area (Å²) in [6.07, 6.45) is -0.944. The first-order chi connectivity index (χ1) is 14.3. The zero-order chi connectivity index (χ0) is 22.1. The van der Waals surface area contributed by atoms with Crippen molar-refractivity contribution in [3.8, 4) is 17.6 Å². The molecule has 1 unspecified atom stereocenters. The van der Waals surface area contributed by atoms with E-state index < -0.39 is 23.9 Å². The highest BCUT2D eigenvalue weighted by molar-refractivity contribution is 5.95. The summed E-state index contributed by atoms with van der Waals surface area (Å²) < 4.78 is 23.6. The van der Waals surface area contributed by atoms with Gasteiger partial charge >= 0.3 is 6.09 Å². The van der Waals surface area contributed by atoms with Gasteiger partial charge in [-0.2, -0.15) is 5.26 Å². The van der Waals surface area contributed by atoms with E-state index in [1.165, 1.54) is 12.1 Å². The zero-order valence-corrected chi connectivity index (χ0v) is 17.0. The van der Waals surface area contributed by atoms with Gasteiger partial charge in [0.1, 0.15) is 23.9 Å². The van der Waals surface area contributed by atoms with Crippen LogP contribution in [0, 0.1) is 23.1 Å². The molecule has 2 aromatic carbocycles. The van der Waals surface area contributed by atoms with Gasteiger partial charge in [-0.15, -0.1) is 0 Å². The summed E-state index contributed by atoms with van der Waals surface area (Å²) in [6.45, 7) is 5.82. The van der Waals surface area contributed by atoms with Gasteiger partial charge < -0.3 is 9.47 Å². The van der Waals surface area contributed by atoms with Crippen molar-refractivity contribution in [2.24, 2.45) is 5.92 Å². The molecule has 0 aliphatic heterocycles. The predicted molar refractivity (Wildman–Crippen MR) is 108 cm³/mol. The maximum atomic E-state index is 12.9. The Hall–Kier alpha value is -3.44. The molecule has 2 aromatic rings. The minimum Gasteiger partial charge on any atom is -0.492 e. The largest absolute Gasteiger partial charge is 0.492 e. The fraction of sp³-hybridized carbons (Fsp3) is 0.318. The average molecular weight is 413 g/mol. The molecular weight excluding hydrogens is 389 g/mol. The van der Waals surface area contributed by atoms with Crippen LogP contribution in [0.25, 0.3) is 0 Å². The van der Waals surface area contributed by atoms with Crippen molar-refractivity contribution in [2.75, 3.05) is 6.61 Å². The second-order valence-electron chi connectivity index (χ2n) is 7.07. The van der Waals surface area contributed by atoms with Gasteiger partial charge in [0, 0.05) is 6.04 Å². The van der Waals surface area contributed by atoms with Crippen molar-refractivity contribution >= 4 is 12.0 Å². The lowest BCUT2D eigenvalue weighted by molar-refractivity contribution is -0.123. The Morgan fingerprint density at radius 3 is 2.20 bits per heavy atom. The lowest BCUT2D eigenvalue weighted by atomic mass is 10.0. The molecule has 0 heterocycles. The molecule has 0 fully saturated rings. The molecule has 30 heavy (non-hydrogen) atoms. The minimum absolute atomic E-state index is 0.110. The highest BCUT2D eigenvalue weighted by Crippen LogP contribution is 2.13. The zero-order valence-electron chi connectivity index (χ0n) is 17.0. The summed E-state index contributed by atoms with van der Waals surface area (Å²) in [4.78, 5) is 24.5. The van der Waals surface area contributed by atoms with Crippen LogP contribution >= 0.6 is 0 Å². The van der Waals surface area contributed by atoms with Gasteiger partial charge in [-0.05, 0) is 61.4 Å². The van der Waals surface area contributed by atoms with E-state index in [1.54, 1.807) is 24.3 Å². The molecule has 2 amide bonds. The van der Waals surface area contributed by atoms with Crippen LogP contribution in [-0.2, 0) is 4.79 Å². The number of ether oxygens (including phenoxy) is 2. The molecule has 0 spiro atoms. The molecule has 0 radical (unpaired) electrons. The van der Waals surface area contributed by atoms with Gasteiger partial charge in [-0.1, -0.05) is 13.8 Å². The number of hydrogen-bond donors (Lipinski definition) is 2. The summed E-state index contributed by atoms with van der Waals surface area (Å²) in [7, 11) is 0. The standard InChI is InChI=1S/C22H24FN3O4/c1-14(2)20(21(27)26-22(28)30-19-10-6-17(23)7-11-19)25-15(3)13-29-18-8-4-16(12-24)5-9-18/h4-11,14-15,20,25H,13H2,1-3H3,(H,26,27,28)/t15?,20-/m0/s1. The van der Waals surface area contributed by atoms with Crippen molar-refractivity contribution in [3.05, 3.63) is 59.9 Å². The van der Waals surface area contributed by atoms with Crippen molar-refractivity contribution in [2.45, 2.75) is 32.9 Å². The monoisotopic (exact) mass is 413 g/mol. The van der Waals surface area contributed by atoms with E-state index in [2.05, 4.69) is 10.6 Å². The third-order valence-corrected chi connectivity index (χ3v) is 4.15. The SMILES string of the molecule is CC(COc1ccc(C#N)cc1)N[C@H](C(=O)NC(=O)Oc1ccc(F)cc1)C(C)C. The molecule has 2 N–H and O–H groups in total. The number of carbonyl (C=O) groups is 2. The molecule has 158 valence electrons. The topological polar surface area (TPSA) is 100 Å². The second kappa shape index (κ2) is 10.9. The second-order valence-corrected chi connectivity index (χ2v) is 7.07. The van der Waals surface area contributed by atoms with Crippen LogP contribution < -0.4 is 20.1 Å². The molecule has 0 saturated heterocycles. The molecule has 8 heteroatoms. The number of amides is 2. The number of rotatable bonds is 8. The molecule has 0 aromatic heterocycles. The normalized spacial score (nSPS) is 12.5. The van der Waals surface area contributed by atoms with E-state index in [-0.39, 0.29) is 24.3 Å². The van der Waals surface area contributed by atoms with Crippen molar-refractivity contribution in [1.82, 2.24) is 10.6 Å². The maximum absolute atomic E-state index is 12.9. The highest BCUT2D eigenvalue weighted by atomic mass is 19.1. The van der Waals surface area contributed by atoms with Gasteiger partial charge in [-0.25, -0.2) is 9.18 Å². The van der Waals surface area contributed by atoms with Gasteiger partial charge in [0.25, 0.3) is 0 Å². The Morgan fingerprint density at radius 1 is 1.03 bits per heavy atom. The first kappa shape index (κ1) is 22.8. The summed E-state index contributed by atoms with van der Waals surface area (Å²) >= 11 is 0. The van der Waals surface area contributed by atoms with E-state index in [4.69, 9.17) is 14.7 Å². The van der Waals surface area contributed by atoms with Crippen LogP contribution in [0.2, 0.25) is 0 Å². The molecular formula is C22H24FN3O4. The quantitative estimate of drug-likeness (QED) is 0.688. The molecule has 2 atom stereocenters. The van der Waals surface area contributed by atoms with E-state index >= 15 is 0 Å². The van der Waals surface area contributed by atoms with Crippen molar-refractivity contribution in [1.29, 1.82) is 5.26 Å². The van der Waals surface area contributed by atoms with Crippen LogP contribution in [0.15, 0.2) is 48.5 Å². The first-order valence-corrected chi connectivity index (χ1v) is 9.45. The number of nitrogens with zero attached hydrogens (tertiary/aromatic N) is 1. The molecule has 0 aliphatic carbocycles. The number of nitriles is 1. The van der Waals surface area contributed by atoms with Gasteiger partial charge in [0.15, 0.2) is 0 Å². The smallest absolute Gasteiger partial charge is 0.419 e. The van der Waals surface area contributed by atoms with Crippen LogP contribution in [0.5, 0.6) is 11.5 Å². The third-order valence-electron chi connectivity index (χ3n) is 4.15. The lowest BCUT2D eigenvalue weighted by Gasteiger charge is -2.25. The van der Waals surface area contributed by atoms with Gasteiger partial charge in [-0.3, -0.25) is 15.4 Å². The summed E-state index contributed by atoms with van der Waals surface area (Å²) in [5, 5.41) is 14.1. The van der Waals surface area contributed by atoms with E-state index in [0.29, 0.717) is 11.3 Å². The lowest BCUT2D eigenvalue weighted by Crippen LogP contribution is -2.53. The molecule has 0 bridgehead atoms. The fourth-order valence-corrected chi connectivity index (χ4v) is 2.59. The number of hydrogen-bond acceptors (Lipinski definition) is 6. The molecule has 0 aliphatic rings. The Balaban J connectivity index is 1.86. The minimum atomic E-state index is -0.944. The average Bonchev–Trinajstić information content (AvgIpc) is 2.72. The molecule has 0 saturated carbocycles. The Bertz CT molecular complexity index is 892. The van der Waals surface area contributed by atoms with Crippen LogP contribution in [0.3, 0.4) is 0 Å². The number of benzene rings is 2. The highest BCUT2D eigenvalue weighted by Gasteiger charge is 2.26. The van der Waals surface area contributed by atoms with Crippen LogP contribution in [0.1, 0.15) is 26.3 Å². The Labute approximate surface area is 174 Å². The number of carbonyl (C=O) groups excluding carboxylic acids is 2. The van der Waals surface area contributed by atoms with Crippen LogP contribution in [0.4, 0.5) is 9.18 Å². The Morgan fingerprint density at radius 2 is 1.63 bits per heavy atom. The number of imide groups is 1. The maximum Gasteiger partial charge on any atom is 0.419 e. The summed E-state index contributed by atoms with van der Waals surface area (Å²) in [6, 6.07) is 12.8. The van der Waals surface area contributed by atoms with Gasteiger partial charge in [0.2, 0.25) is 5.91 Å². The first-order valence-electron chi connectivity index (χ1n) is 9.45. The van der Waals surface area contributed by atoms with Crippen molar-refractivity contribution < 1.29 is 23.5 Å². The van der Waals surface area contributed by atoms with E-state index in [9.17, 15) is 14.0 Å². The molecule has 2 rings (SSSR count).